The molecule has 0 aromatic heterocycles. The average Bonchev–Trinajstić information content (AvgIpc) is 2.99. The number of rotatable bonds is 5. The van der Waals surface area contributed by atoms with Crippen molar-refractivity contribution in [2.45, 2.75) is 18.2 Å². The van der Waals surface area contributed by atoms with Crippen LogP contribution in [0.25, 0.3) is 5.76 Å². The molecule has 0 radical (unpaired) electrons. The van der Waals surface area contributed by atoms with Gasteiger partial charge in [-0.25, -0.2) is 8.42 Å². The standard InChI is InChI=1S/C14H13ClN2O6S/c1-7(18)13(16-20)14(19)8-3-4-10(24(2,21)22)11(12(8)15)9-5-6-23-17-9/h3-4,19H,5-6H2,1-2H3. The van der Waals surface area contributed by atoms with E-state index in [1.807, 2.05) is 0 Å². The van der Waals surface area contributed by atoms with Gasteiger partial charge in [-0.1, -0.05) is 16.8 Å². The Labute approximate surface area is 142 Å². The van der Waals surface area contributed by atoms with E-state index in [1.54, 1.807) is 0 Å². The Morgan fingerprint density at radius 3 is 2.54 bits per heavy atom. The molecule has 0 bridgehead atoms. The molecule has 2 rings (SSSR count). The molecule has 1 aliphatic heterocycles. The summed E-state index contributed by atoms with van der Waals surface area (Å²) >= 11 is 6.25. The first kappa shape index (κ1) is 18.1. The van der Waals surface area contributed by atoms with Crippen LogP contribution in [0.15, 0.2) is 33.1 Å². The van der Waals surface area contributed by atoms with Crippen molar-refractivity contribution in [3.05, 3.63) is 38.9 Å². The second-order valence-corrected chi connectivity index (χ2v) is 7.40. The molecule has 1 aliphatic rings. The number of oxime groups is 1. The van der Waals surface area contributed by atoms with Gasteiger partial charge in [-0.15, -0.1) is 4.91 Å². The van der Waals surface area contributed by atoms with Crippen molar-refractivity contribution in [3.63, 3.8) is 0 Å². The molecule has 0 saturated carbocycles. The summed E-state index contributed by atoms with van der Waals surface area (Å²) in [5, 5.41) is 16.2. The van der Waals surface area contributed by atoms with E-state index in [-0.39, 0.29) is 27.7 Å². The van der Waals surface area contributed by atoms with Gasteiger partial charge in [-0.2, -0.15) is 0 Å². The van der Waals surface area contributed by atoms with Crippen molar-refractivity contribution in [2.75, 3.05) is 12.9 Å². The van der Waals surface area contributed by atoms with Crippen molar-refractivity contribution in [1.29, 1.82) is 0 Å². The van der Waals surface area contributed by atoms with E-state index in [1.165, 1.54) is 12.1 Å². The smallest absolute Gasteiger partial charge is 0.192 e. The van der Waals surface area contributed by atoms with Crippen molar-refractivity contribution in [2.24, 2.45) is 10.3 Å². The summed E-state index contributed by atoms with van der Waals surface area (Å²) in [4.78, 5) is 26.9. The molecular formula is C14H13ClN2O6S. The maximum atomic E-state index is 12.0. The normalized spacial score (nSPS) is 15.4. The second kappa shape index (κ2) is 6.70. The lowest BCUT2D eigenvalue weighted by Gasteiger charge is -2.13. The minimum absolute atomic E-state index is 0.0644. The van der Waals surface area contributed by atoms with Gasteiger partial charge in [-0.05, 0) is 17.3 Å². The van der Waals surface area contributed by atoms with E-state index >= 15 is 0 Å². The topological polar surface area (TPSA) is 122 Å². The summed E-state index contributed by atoms with van der Waals surface area (Å²) in [5.74, 6) is -1.49. The van der Waals surface area contributed by atoms with Crippen molar-refractivity contribution >= 4 is 38.7 Å². The number of nitrogens with zero attached hydrogens (tertiary/aromatic N) is 2. The zero-order valence-electron chi connectivity index (χ0n) is 12.7. The van der Waals surface area contributed by atoms with Crippen LogP contribution >= 0.6 is 11.6 Å². The molecule has 10 heteroatoms. The SMILES string of the molecule is CC(=O)C(N=O)=C(O)c1ccc(S(C)(=O)=O)c(C2=NOCC2)c1Cl. The number of Topliss-reactive ketones (excluding diaryl/α,β-unsaturated/α-hetero) is 1. The third-order valence-corrected chi connectivity index (χ3v) is 4.83. The Hall–Kier alpha value is -2.26. The van der Waals surface area contributed by atoms with Crippen molar-refractivity contribution in [1.82, 2.24) is 0 Å². The molecular weight excluding hydrogens is 360 g/mol. The molecule has 128 valence electrons. The summed E-state index contributed by atoms with van der Waals surface area (Å²) in [6, 6.07) is 2.41. The molecule has 0 saturated heterocycles. The number of halogens is 1. The largest absolute Gasteiger partial charge is 0.505 e. The van der Waals surface area contributed by atoms with Gasteiger partial charge in [0, 0.05) is 30.7 Å². The Bertz CT molecular complexity index is 889. The summed E-state index contributed by atoms with van der Waals surface area (Å²) in [5.41, 5.74) is -0.453. The van der Waals surface area contributed by atoms with E-state index in [4.69, 9.17) is 16.4 Å². The summed E-state index contributed by atoms with van der Waals surface area (Å²) < 4.78 is 24.0. The fourth-order valence-corrected chi connectivity index (χ4v) is 3.53. The molecule has 1 aromatic carbocycles. The first-order valence-corrected chi connectivity index (χ1v) is 8.95. The number of carbonyl (C=O) groups excluding carboxylic acids is 1. The fourth-order valence-electron chi connectivity index (χ4n) is 2.20. The maximum Gasteiger partial charge on any atom is 0.192 e. The highest BCUT2D eigenvalue weighted by atomic mass is 35.5. The zero-order chi connectivity index (χ0) is 18.1. The quantitative estimate of drug-likeness (QED) is 0.481. The van der Waals surface area contributed by atoms with Crippen molar-refractivity contribution < 1.29 is 23.2 Å². The number of nitroso groups, excluding NO2 is 1. The number of ketones is 1. The minimum atomic E-state index is -3.65. The van der Waals surface area contributed by atoms with Gasteiger partial charge in [-0.3, -0.25) is 4.79 Å². The first-order valence-electron chi connectivity index (χ1n) is 6.68. The van der Waals surface area contributed by atoms with Gasteiger partial charge in [0.1, 0.15) is 6.61 Å². The number of hydrogen-bond acceptors (Lipinski definition) is 8. The third kappa shape index (κ3) is 3.31. The Balaban J connectivity index is 2.82. The van der Waals surface area contributed by atoms with Gasteiger partial charge < -0.3 is 9.94 Å². The number of carbonyl (C=O) groups is 1. The first-order chi connectivity index (χ1) is 11.2. The summed E-state index contributed by atoms with van der Waals surface area (Å²) in [7, 11) is -3.65. The summed E-state index contributed by atoms with van der Waals surface area (Å²) in [6.07, 6.45) is 1.32. The molecule has 0 amide bonds. The van der Waals surface area contributed by atoms with Crippen molar-refractivity contribution in [3.8, 4) is 0 Å². The van der Waals surface area contributed by atoms with E-state index in [0.29, 0.717) is 12.1 Å². The predicted molar refractivity (Wildman–Crippen MR) is 87.7 cm³/mol. The predicted octanol–water partition coefficient (Wildman–Crippen LogP) is 2.45. The number of aliphatic hydroxyl groups excluding tert-OH is 1. The molecule has 1 heterocycles. The molecule has 0 spiro atoms. The van der Waals surface area contributed by atoms with E-state index in [0.717, 1.165) is 13.2 Å². The number of benzene rings is 1. The van der Waals surface area contributed by atoms with Gasteiger partial charge >= 0.3 is 0 Å². The Morgan fingerprint density at radius 2 is 2.08 bits per heavy atom. The molecule has 0 atom stereocenters. The number of allylic oxidation sites excluding steroid dienone is 1. The molecule has 0 fully saturated rings. The van der Waals surface area contributed by atoms with E-state index in [9.17, 15) is 23.2 Å². The van der Waals surface area contributed by atoms with Crippen LogP contribution in [0.1, 0.15) is 24.5 Å². The van der Waals surface area contributed by atoms with E-state index < -0.39 is 27.1 Å². The maximum absolute atomic E-state index is 12.0. The minimum Gasteiger partial charge on any atom is -0.505 e. The van der Waals surface area contributed by atoms with Crippen LogP contribution in [0, 0.1) is 4.91 Å². The number of aliphatic hydroxyl groups is 1. The van der Waals surface area contributed by atoms with Gasteiger partial charge in [0.05, 0.1) is 15.6 Å². The van der Waals surface area contributed by atoms with Gasteiger partial charge in [0.15, 0.2) is 27.1 Å². The van der Waals surface area contributed by atoms with Crippen LogP contribution < -0.4 is 0 Å². The van der Waals surface area contributed by atoms with Gasteiger partial charge in [0.25, 0.3) is 0 Å². The van der Waals surface area contributed by atoms with Crippen LogP contribution in [0.2, 0.25) is 5.02 Å². The van der Waals surface area contributed by atoms with E-state index in [2.05, 4.69) is 10.3 Å². The Morgan fingerprint density at radius 1 is 1.42 bits per heavy atom. The highest BCUT2D eigenvalue weighted by molar-refractivity contribution is 7.90. The molecule has 1 N–H and O–H groups in total. The van der Waals surface area contributed by atoms with Crippen LogP contribution in [0.5, 0.6) is 0 Å². The third-order valence-electron chi connectivity index (χ3n) is 3.30. The lowest BCUT2D eigenvalue weighted by Crippen LogP contribution is -2.11. The highest BCUT2D eigenvalue weighted by Crippen LogP contribution is 2.34. The highest BCUT2D eigenvalue weighted by Gasteiger charge is 2.27. The number of sulfone groups is 1. The van der Waals surface area contributed by atoms with Crippen LogP contribution in [0.3, 0.4) is 0 Å². The molecule has 24 heavy (non-hydrogen) atoms. The summed E-state index contributed by atoms with van der Waals surface area (Å²) in [6.45, 7) is 1.32. The Kier molecular flexibility index (Phi) is 5.05. The fraction of sp³-hybridized carbons (Fsp3) is 0.286. The second-order valence-electron chi connectivity index (χ2n) is 5.04. The molecule has 0 aliphatic carbocycles. The average molecular weight is 373 g/mol. The number of hydrogen-bond donors (Lipinski definition) is 1. The lowest BCUT2D eigenvalue weighted by atomic mass is 10.0. The van der Waals surface area contributed by atoms with Crippen LogP contribution in [0.4, 0.5) is 0 Å². The lowest BCUT2D eigenvalue weighted by molar-refractivity contribution is -0.113. The van der Waals surface area contributed by atoms with Crippen LogP contribution in [-0.4, -0.2) is 37.9 Å². The molecule has 1 aromatic rings. The van der Waals surface area contributed by atoms with Gasteiger partial charge in [0.2, 0.25) is 0 Å². The molecule has 8 nitrogen and oxygen atoms in total. The molecule has 0 unspecified atom stereocenters. The van der Waals surface area contributed by atoms with Crippen LogP contribution in [-0.2, 0) is 19.5 Å². The monoisotopic (exact) mass is 372 g/mol. The zero-order valence-corrected chi connectivity index (χ0v) is 14.3.